The number of aliphatic hydroxyl groups is 1. The van der Waals surface area contributed by atoms with Crippen molar-refractivity contribution in [2.24, 2.45) is 0 Å². The number of aliphatic hydroxyl groups excluding tert-OH is 1. The summed E-state index contributed by atoms with van der Waals surface area (Å²) in [6, 6.07) is 7.31. The van der Waals surface area contributed by atoms with E-state index in [4.69, 9.17) is 15.6 Å². The summed E-state index contributed by atoms with van der Waals surface area (Å²) in [5.41, 5.74) is 7.25. The number of nitrogens with two attached hydrogens (primary N) is 1. The first kappa shape index (κ1) is 13.8. The molecule has 1 aliphatic heterocycles. The average Bonchev–Trinajstić information content (AvgIpc) is 2.40. The fourth-order valence-electron chi connectivity index (χ4n) is 2.27. The number of carbonyl (C=O) groups is 1. The summed E-state index contributed by atoms with van der Waals surface area (Å²) in [5, 5.41) is 9.15. The Morgan fingerprint density at radius 2 is 2.11 bits per heavy atom. The van der Waals surface area contributed by atoms with Crippen molar-refractivity contribution in [1.82, 2.24) is 4.90 Å². The highest BCUT2D eigenvalue weighted by atomic mass is 16.5. The van der Waals surface area contributed by atoms with Crippen LogP contribution in [0.5, 0.6) is 0 Å². The molecule has 1 heterocycles. The van der Waals surface area contributed by atoms with Crippen LogP contribution in [0, 0.1) is 0 Å². The Morgan fingerprint density at radius 3 is 2.74 bits per heavy atom. The maximum absolute atomic E-state index is 12.2. The quantitative estimate of drug-likeness (QED) is 0.776. The molecule has 104 valence electrons. The molecule has 2 unspecified atom stereocenters. The highest BCUT2D eigenvalue weighted by molar-refractivity contribution is 5.79. The second-order valence-electron chi connectivity index (χ2n) is 4.97. The van der Waals surface area contributed by atoms with Crippen molar-refractivity contribution in [2.45, 2.75) is 25.6 Å². The Bertz CT molecular complexity index is 433. The number of hydrogen-bond donors (Lipinski definition) is 2. The predicted molar refractivity (Wildman–Crippen MR) is 72.6 cm³/mol. The van der Waals surface area contributed by atoms with Gasteiger partial charge in [0.2, 0.25) is 5.91 Å². The molecule has 1 saturated heterocycles. The van der Waals surface area contributed by atoms with Crippen molar-refractivity contribution in [3.8, 4) is 0 Å². The zero-order valence-corrected chi connectivity index (χ0v) is 11.1. The van der Waals surface area contributed by atoms with Gasteiger partial charge in [0.15, 0.2) is 0 Å². The lowest BCUT2D eigenvalue weighted by Gasteiger charge is -2.36. The molecular weight excluding hydrogens is 244 g/mol. The van der Waals surface area contributed by atoms with Gasteiger partial charge in [-0.1, -0.05) is 12.1 Å². The number of benzene rings is 1. The first-order chi connectivity index (χ1) is 9.08. The average molecular weight is 264 g/mol. The molecule has 2 rings (SSSR count). The van der Waals surface area contributed by atoms with Gasteiger partial charge in [0.25, 0.3) is 0 Å². The molecule has 2 atom stereocenters. The van der Waals surface area contributed by atoms with Crippen molar-refractivity contribution < 1.29 is 14.6 Å². The van der Waals surface area contributed by atoms with E-state index in [9.17, 15) is 4.79 Å². The van der Waals surface area contributed by atoms with Crippen LogP contribution in [0.4, 0.5) is 5.69 Å². The van der Waals surface area contributed by atoms with E-state index in [2.05, 4.69) is 0 Å². The predicted octanol–water partition coefficient (Wildman–Crippen LogP) is 0.420. The molecule has 1 aromatic rings. The SMILES string of the molecule is CC1CN(C(=O)Cc2ccc(N)cc2)CC(CO)O1. The number of carbonyl (C=O) groups excluding carboxylic acids is 1. The van der Waals surface area contributed by atoms with Gasteiger partial charge >= 0.3 is 0 Å². The van der Waals surface area contributed by atoms with Crippen molar-refractivity contribution in [1.29, 1.82) is 0 Å². The van der Waals surface area contributed by atoms with Crippen LogP contribution in [-0.4, -0.2) is 47.8 Å². The first-order valence-corrected chi connectivity index (χ1v) is 6.47. The molecule has 0 saturated carbocycles. The van der Waals surface area contributed by atoms with Gasteiger partial charge in [-0.15, -0.1) is 0 Å². The second-order valence-corrected chi connectivity index (χ2v) is 4.97. The molecule has 1 aromatic carbocycles. The van der Waals surface area contributed by atoms with E-state index < -0.39 is 0 Å². The van der Waals surface area contributed by atoms with Crippen LogP contribution in [0.1, 0.15) is 12.5 Å². The van der Waals surface area contributed by atoms with Crippen molar-refractivity contribution in [3.05, 3.63) is 29.8 Å². The summed E-state index contributed by atoms with van der Waals surface area (Å²) in [6.45, 7) is 2.88. The van der Waals surface area contributed by atoms with E-state index in [0.29, 0.717) is 25.2 Å². The molecule has 5 nitrogen and oxygen atoms in total. The number of ether oxygens (including phenoxy) is 1. The van der Waals surface area contributed by atoms with Gasteiger partial charge in [0, 0.05) is 18.8 Å². The Hall–Kier alpha value is -1.59. The van der Waals surface area contributed by atoms with Crippen molar-refractivity contribution in [3.63, 3.8) is 0 Å². The van der Waals surface area contributed by atoms with Gasteiger partial charge in [-0.05, 0) is 24.6 Å². The zero-order valence-electron chi connectivity index (χ0n) is 11.1. The molecule has 0 radical (unpaired) electrons. The molecule has 0 spiro atoms. The summed E-state index contributed by atoms with van der Waals surface area (Å²) in [5.74, 6) is 0.0540. The fraction of sp³-hybridized carbons (Fsp3) is 0.500. The van der Waals surface area contributed by atoms with Gasteiger partial charge in [-0.2, -0.15) is 0 Å². The molecule has 5 heteroatoms. The molecule has 1 aliphatic rings. The topological polar surface area (TPSA) is 75.8 Å². The largest absolute Gasteiger partial charge is 0.399 e. The number of nitrogen functional groups attached to an aromatic ring is 1. The Balaban J connectivity index is 1.97. The maximum Gasteiger partial charge on any atom is 0.227 e. The monoisotopic (exact) mass is 264 g/mol. The first-order valence-electron chi connectivity index (χ1n) is 6.47. The molecule has 0 aliphatic carbocycles. The number of morpholine rings is 1. The number of anilines is 1. The third-order valence-corrected chi connectivity index (χ3v) is 3.22. The minimum atomic E-state index is -0.279. The van der Waals surface area contributed by atoms with Gasteiger partial charge in [0.05, 0.1) is 25.2 Å². The van der Waals surface area contributed by atoms with Crippen LogP contribution >= 0.6 is 0 Å². The lowest BCUT2D eigenvalue weighted by molar-refractivity contribution is -0.146. The van der Waals surface area contributed by atoms with Crippen LogP contribution in [0.3, 0.4) is 0 Å². The molecule has 1 fully saturated rings. The van der Waals surface area contributed by atoms with Crippen LogP contribution in [0.2, 0.25) is 0 Å². The lowest BCUT2D eigenvalue weighted by Crippen LogP contribution is -2.50. The number of rotatable bonds is 3. The Morgan fingerprint density at radius 1 is 1.42 bits per heavy atom. The molecule has 19 heavy (non-hydrogen) atoms. The number of nitrogens with zero attached hydrogens (tertiary/aromatic N) is 1. The summed E-state index contributed by atoms with van der Waals surface area (Å²) < 4.78 is 5.52. The summed E-state index contributed by atoms with van der Waals surface area (Å²) >= 11 is 0. The smallest absolute Gasteiger partial charge is 0.227 e. The lowest BCUT2D eigenvalue weighted by atomic mass is 10.1. The zero-order chi connectivity index (χ0) is 13.8. The molecule has 3 N–H and O–H groups in total. The maximum atomic E-state index is 12.2. The van der Waals surface area contributed by atoms with E-state index >= 15 is 0 Å². The number of hydrogen-bond acceptors (Lipinski definition) is 4. The minimum absolute atomic E-state index is 0.0405. The summed E-state index contributed by atoms with van der Waals surface area (Å²) in [4.78, 5) is 14.0. The Labute approximate surface area is 113 Å². The molecule has 1 amide bonds. The van der Waals surface area contributed by atoms with Crippen LogP contribution < -0.4 is 5.73 Å². The van der Waals surface area contributed by atoms with Crippen LogP contribution in [-0.2, 0) is 16.0 Å². The Kier molecular flexibility index (Phi) is 4.39. The van der Waals surface area contributed by atoms with Crippen molar-refractivity contribution in [2.75, 3.05) is 25.4 Å². The summed E-state index contributed by atoms with van der Waals surface area (Å²) in [7, 11) is 0. The van der Waals surface area contributed by atoms with E-state index in [1.54, 1.807) is 17.0 Å². The molecular formula is C14H20N2O3. The van der Waals surface area contributed by atoms with Crippen LogP contribution in [0.25, 0.3) is 0 Å². The highest BCUT2D eigenvalue weighted by Crippen LogP contribution is 2.13. The van der Waals surface area contributed by atoms with Gasteiger partial charge in [-0.3, -0.25) is 4.79 Å². The normalized spacial score (nSPS) is 23.4. The summed E-state index contributed by atoms with van der Waals surface area (Å²) in [6.07, 6.45) is 0.0332. The standard InChI is InChI=1S/C14H20N2O3/c1-10-7-16(8-13(9-17)19-10)14(18)6-11-2-4-12(15)5-3-11/h2-5,10,13,17H,6-9,15H2,1H3. The fourth-order valence-corrected chi connectivity index (χ4v) is 2.27. The van der Waals surface area contributed by atoms with Crippen molar-refractivity contribution >= 4 is 11.6 Å². The molecule has 0 bridgehead atoms. The third kappa shape index (κ3) is 3.68. The van der Waals surface area contributed by atoms with E-state index in [-0.39, 0.29) is 24.7 Å². The van der Waals surface area contributed by atoms with E-state index in [1.807, 2.05) is 19.1 Å². The third-order valence-electron chi connectivity index (χ3n) is 3.22. The molecule has 0 aromatic heterocycles. The van der Waals surface area contributed by atoms with Gasteiger partial charge < -0.3 is 20.5 Å². The van der Waals surface area contributed by atoms with Crippen LogP contribution in [0.15, 0.2) is 24.3 Å². The second kappa shape index (κ2) is 6.04. The van der Waals surface area contributed by atoms with E-state index in [1.165, 1.54) is 0 Å². The van der Waals surface area contributed by atoms with Gasteiger partial charge in [-0.25, -0.2) is 0 Å². The number of amides is 1. The highest BCUT2D eigenvalue weighted by Gasteiger charge is 2.27. The minimum Gasteiger partial charge on any atom is -0.399 e. The van der Waals surface area contributed by atoms with Gasteiger partial charge in [0.1, 0.15) is 0 Å². The van der Waals surface area contributed by atoms with E-state index in [0.717, 1.165) is 5.56 Å².